The summed E-state index contributed by atoms with van der Waals surface area (Å²) < 4.78 is 18.7. The Labute approximate surface area is 127 Å². The van der Waals surface area contributed by atoms with E-state index in [2.05, 4.69) is 11.9 Å². The van der Waals surface area contributed by atoms with Gasteiger partial charge in [0, 0.05) is 19.1 Å². The third-order valence-corrected chi connectivity index (χ3v) is 4.41. The molecule has 1 aliphatic carbocycles. The van der Waals surface area contributed by atoms with E-state index in [-0.39, 0.29) is 17.6 Å². The van der Waals surface area contributed by atoms with Gasteiger partial charge in [-0.1, -0.05) is 25.3 Å². The molecule has 3 nitrogen and oxygen atoms in total. The molecule has 21 heavy (non-hydrogen) atoms. The topological polar surface area (TPSA) is 38.5 Å². The third-order valence-electron chi connectivity index (χ3n) is 4.41. The smallest absolute Gasteiger partial charge is 0.165 e. The maximum Gasteiger partial charge on any atom is 0.165 e. The fourth-order valence-corrected chi connectivity index (χ4v) is 3.24. The van der Waals surface area contributed by atoms with E-state index in [0.717, 1.165) is 24.6 Å². The van der Waals surface area contributed by atoms with Gasteiger partial charge < -0.3 is 15.4 Å². The van der Waals surface area contributed by atoms with Gasteiger partial charge in [-0.05, 0) is 43.5 Å². The van der Waals surface area contributed by atoms with Gasteiger partial charge in [-0.25, -0.2) is 4.39 Å². The first-order chi connectivity index (χ1) is 10.1. The number of benzene rings is 1. The van der Waals surface area contributed by atoms with Crippen LogP contribution in [0, 0.1) is 11.7 Å². The lowest BCUT2D eigenvalue weighted by Gasteiger charge is -2.28. The van der Waals surface area contributed by atoms with Crippen molar-refractivity contribution >= 4 is 0 Å². The van der Waals surface area contributed by atoms with Crippen LogP contribution in [-0.4, -0.2) is 32.1 Å². The van der Waals surface area contributed by atoms with Gasteiger partial charge >= 0.3 is 0 Å². The van der Waals surface area contributed by atoms with E-state index >= 15 is 0 Å². The average Bonchev–Trinajstić information content (AvgIpc) is 2.48. The van der Waals surface area contributed by atoms with Crippen molar-refractivity contribution in [2.24, 2.45) is 11.7 Å². The molecule has 1 fully saturated rings. The van der Waals surface area contributed by atoms with Gasteiger partial charge in [0.05, 0.1) is 7.11 Å². The molecule has 1 aliphatic rings. The number of nitrogens with zero attached hydrogens (tertiary/aromatic N) is 1. The molecule has 1 atom stereocenters. The number of ether oxygens (including phenoxy) is 1. The zero-order valence-corrected chi connectivity index (χ0v) is 13.1. The van der Waals surface area contributed by atoms with Crippen LogP contribution in [0.5, 0.6) is 5.75 Å². The van der Waals surface area contributed by atoms with Crippen LogP contribution in [0.3, 0.4) is 0 Å². The Morgan fingerprint density at radius 1 is 1.33 bits per heavy atom. The first-order valence-corrected chi connectivity index (χ1v) is 7.87. The highest BCUT2D eigenvalue weighted by Gasteiger charge is 2.17. The summed E-state index contributed by atoms with van der Waals surface area (Å²) in [6.07, 6.45) is 6.75. The van der Waals surface area contributed by atoms with Gasteiger partial charge in [-0.15, -0.1) is 0 Å². The van der Waals surface area contributed by atoms with Crippen molar-refractivity contribution < 1.29 is 9.13 Å². The molecule has 1 saturated carbocycles. The summed E-state index contributed by atoms with van der Waals surface area (Å²) in [7, 11) is 3.57. The van der Waals surface area contributed by atoms with E-state index in [9.17, 15) is 4.39 Å². The molecule has 0 saturated heterocycles. The second-order valence-corrected chi connectivity index (χ2v) is 6.23. The van der Waals surface area contributed by atoms with Gasteiger partial charge in [0.1, 0.15) is 0 Å². The molecule has 0 bridgehead atoms. The fourth-order valence-electron chi connectivity index (χ4n) is 3.24. The maximum absolute atomic E-state index is 13.7. The lowest BCUT2D eigenvalue weighted by molar-refractivity contribution is 0.224. The minimum Gasteiger partial charge on any atom is -0.494 e. The molecule has 2 rings (SSSR count). The lowest BCUT2D eigenvalue weighted by atomic mass is 9.89. The molecule has 4 heteroatoms. The monoisotopic (exact) mass is 294 g/mol. The molecule has 118 valence electrons. The highest BCUT2D eigenvalue weighted by atomic mass is 19.1. The Morgan fingerprint density at radius 2 is 2.05 bits per heavy atom. The summed E-state index contributed by atoms with van der Waals surface area (Å²) in [5, 5.41) is 0. The molecule has 0 spiro atoms. The Hall–Kier alpha value is -1.13. The van der Waals surface area contributed by atoms with E-state index in [1.165, 1.54) is 45.3 Å². The van der Waals surface area contributed by atoms with Gasteiger partial charge in [-0.2, -0.15) is 0 Å². The van der Waals surface area contributed by atoms with Crippen LogP contribution in [0.4, 0.5) is 4.39 Å². The number of hydrogen-bond acceptors (Lipinski definition) is 3. The number of halogens is 1. The standard InChI is InChI=1S/C17H27FN2O/c1-20(11-13-6-4-3-5-7-13)12-16(19)14-8-9-17(21-2)15(18)10-14/h8-10,13,16H,3-7,11-12,19H2,1-2H3. The van der Waals surface area contributed by atoms with E-state index in [4.69, 9.17) is 10.5 Å². The van der Waals surface area contributed by atoms with Crippen molar-refractivity contribution in [3.05, 3.63) is 29.6 Å². The number of rotatable bonds is 6. The summed E-state index contributed by atoms with van der Waals surface area (Å²) in [6.45, 7) is 1.84. The van der Waals surface area contributed by atoms with Gasteiger partial charge in [-0.3, -0.25) is 0 Å². The lowest BCUT2D eigenvalue weighted by Crippen LogP contribution is -2.33. The fraction of sp³-hybridized carbons (Fsp3) is 0.647. The van der Waals surface area contributed by atoms with Gasteiger partial charge in [0.15, 0.2) is 11.6 Å². The number of likely N-dealkylation sites (N-methyl/N-ethyl adjacent to an activating group) is 1. The maximum atomic E-state index is 13.7. The second kappa shape index (κ2) is 7.76. The van der Waals surface area contributed by atoms with Crippen molar-refractivity contribution in [2.45, 2.75) is 38.1 Å². The molecule has 0 radical (unpaired) electrons. The number of nitrogens with two attached hydrogens (primary N) is 1. The van der Waals surface area contributed by atoms with Crippen LogP contribution < -0.4 is 10.5 Å². The molecule has 1 aromatic rings. The van der Waals surface area contributed by atoms with E-state index in [1.54, 1.807) is 6.07 Å². The largest absolute Gasteiger partial charge is 0.494 e. The van der Waals surface area contributed by atoms with Crippen LogP contribution in [-0.2, 0) is 0 Å². The third kappa shape index (κ3) is 4.68. The molecule has 2 N–H and O–H groups in total. The summed E-state index contributed by atoms with van der Waals surface area (Å²) >= 11 is 0. The second-order valence-electron chi connectivity index (χ2n) is 6.23. The summed E-state index contributed by atoms with van der Waals surface area (Å²) in [4.78, 5) is 2.28. The van der Waals surface area contributed by atoms with Crippen molar-refractivity contribution in [3.8, 4) is 5.75 Å². The molecule has 0 aromatic heterocycles. The van der Waals surface area contributed by atoms with Crippen LogP contribution in [0.15, 0.2) is 18.2 Å². The van der Waals surface area contributed by atoms with E-state index < -0.39 is 0 Å². The van der Waals surface area contributed by atoms with Crippen LogP contribution in [0.1, 0.15) is 43.7 Å². The molecule has 1 unspecified atom stereocenters. The van der Waals surface area contributed by atoms with Crippen molar-refractivity contribution in [3.63, 3.8) is 0 Å². The Kier molecular flexibility index (Phi) is 6.00. The van der Waals surface area contributed by atoms with Crippen LogP contribution in [0.25, 0.3) is 0 Å². The van der Waals surface area contributed by atoms with E-state index in [0.29, 0.717) is 0 Å². The van der Waals surface area contributed by atoms with Crippen LogP contribution >= 0.6 is 0 Å². The molecule has 1 aromatic carbocycles. The quantitative estimate of drug-likeness (QED) is 0.874. The highest BCUT2D eigenvalue weighted by molar-refractivity contribution is 5.31. The summed E-state index contributed by atoms with van der Waals surface area (Å²) in [5.41, 5.74) is 7.04. The Bertz CT molecular complexity index is 446. The number of methoxy groups -OCH3 is 1. The Morgan fingerprint density at radius 3 is 2.67 bits per heavy atom. The summed E-state index contributed by atoms with van der Waals surface area (Å²) in [5.74, 6) is 0.713. The van der Waals surface area contributed by atoms with Gasteiger partial charge in [0.2, 0.25) is 0 Å². The molecule has 0 aliphatic heterocycles. The number of hydrogen-bond donors (Lipinski definition) is 1. The molecule has 0 heterocycles. The van der Waals surface area contributed by atoms with Crippen molar-refractivity contribution in [1.29, 1.82) is 0 Å². The predicted molar refractivity (Wildman–Crippen MR) is 84.0 cm³/mol. The average molecular weight is 294 g/mol. The zero-order valence-electron chi connectivity index (χ0n) is 13.1. The minimum atomic E-state index is -0.347. The Balaban J connectivity index is 1.87. The highest BCUT2D eigenvalue weighted by Crippen LogP contribution is 2.25. The molecular formula is C17H27FN2O. The zero-order chi connectivity index (χ0) is 15.2. The predicted octanol–water partition coefficient (Wildman–Crippen LogP) is 3.35. The first-order valence-electron chi connectivity index (χ1n) is 7.87. The van der Waals surface area contributed by atoms with Gasteiger partial charge in [0.25, 0.3) is 0 Å². The first kappa shape index (κ1) is 16.2. The van der Waals surface area contributed by atoms with Crippen LogP contribution in [0.2, 0.25) is 0 Å². The van der Waals surface area contributed by atoms with Crippen molar-refractivity contribution in [1.82, 2.24) is 4.90 Å². The summed E-state index contributed by atoms with van der Waals surface area (Å²) in [6, 6.07) is 4.81. The molecular weight excluding hydrogens is 267 g/mol. The minimum absolute atomic E-state index is 0.168. The SMILES string of the molecule is COc1ccc(C(N)CN(C)CC2CCCCC2)cc1F. The normalized spacial score (nSPS) is 18.0. The van der Waals surface area contributed by atoms with E-state index in [1.807, 2.05) is 6.07 Å². The van der Waals surface area contributed by atoms with Crippen molar-refractivity contribution in [2.75, 3.05) is 27.2 Å². The molecule has 0 amide bonds.